The molecule has 0 aromatic carbocycles. The number of aryl methyl sites for hydroxylation is 1. The molecule has 0 spiro atoms. The molecule has 1 saturated carbocycles. The molecule has 4 heteroatoms. The summed E-state index contributed by atoms with van der Waals surface area (Å²) in [6.07, 6.45) is 5.79. The topological polar surface area (TPSA) is 42.2 Å². The zero-order chi connectivity index (χ0) is 13.4. The minimum absolute atomic E-state index is 0.517. The van der Waals surface area contributed by atoms with Crippen LogP contribution < -0.4 is 5.32 Å². The maximum absolute atomic E-state index is 4.56. The number of anilines is 1. The molecule has 102 valence electrons. The maximum atomic E-state index is 4.56. The molecule has 3 unspecified atom stereocenters. The zero-order valence-corrected chi connectivity index (χ0v) is 11.9. The number of rotatable bonds is 3. The quantitative estimate of drug-likeness (QED) is 0.918. The Labute approximate surface area is 114 Å². The molecule has 0 bridgehead atoms. The molecule has 1 aliphatic rings. The fourth-order valence-electron chi connectivity index (χ4n) is 3.24. The summed E-state index contributed by atoms with van der Waals surface area (Å²) in [5.41, 5.74) is 2.13. The SMILES string of the molecule is CCC1CCC(Nc2nc3cc(C)ccn3n2)C1C. The fourth-order valence-corrected chi connectivity index (χ4v) is 3.24. The fraction of sp³-hybridized carbons (Fsp3) is 0.600. The average Bonchev–Trinajstić information content (AvgIpc) is 2.93. The molecule has 3 atom stereocenters. The Morgan fingerprint density at radius 2 is 2.26 bits per heavy atom. The third-order valence-corrected chi connectivity index (χ3v) is 4.56. The predicted molar refractivity (Wildman–Crippen MR) is 77.3 cm³/mol. The van der Waals surface area contributed by atoms with Crippen LogP contribution in [0.15, 0.2) is 18.3 Å². The van der Waals surface area contributed by atoms with Gasteiger partial charge < -0.3 is 5.32 Å². The maximum Gasteiger partial charge on any atom is 0.243 e. The first-order chi connectivity index (χ1) is 9.17. The van der Waals surface area contributed by atoms with Gasteiger partial charge in [-0.25, -0.2) is 4.52 Å². The lowest BCUT2D eigenvalue weighted by molar-refractivity contribution is 0.391. The van der Waals surface area contributed by atoms with Crippen molar-refractivity contribution in [3.05, 3.63) is 23.9 Å². The molecule has 1 N–H and O–H groups in total. The summed E-state index contributed by atoms with van der Waals surface area (Å²) in [5, 5.41) is 8.02. The van der Waals surface area contributed by atoms with Crippen molar-refractivity contribution in [2.24, 2.45) is 11.8 Å². The lowest BCUT2D eigenvalue weighted by Crippen LogP contribution is -2.25. The molecule has 2 heterocycles. The van der Waals surface area contributed by atoms with Crippen LogP contribution in [0.25, 0.3) is 5.65 Å². The van der Waals surface area contributed by atoms with Gasteiger partial charge in [0, 0.05) is 12.2 Å². The summed E-state index contributed by atoms with van der Waals surface area (Å²) < 4.78 is 1.84. The molecule has 4 nitrogen and oxygen atoms in total. The first kappa shape index (κ1) is 12.5. The molecule has 1 fully saturated rings. The van der Waals surface area contributed by atoms with Gasteiger partial charge in [0.25, 0.3) is 0 Å². The first-order valence-electron chi connectivity index (χ1n) is 7.27. The number of aromatic nitrogens is 3. The Hall–Kier alpha value is -1.58. The van der Waals surface area contributed by atoms with Crippen LogP contribution in [0.5, 0.6) is 0 Å². The predicted octanol–water partition coefficient (Wildman–Crippen LogP) is 3.27. The third kappa shape index (κ3) is 2.31. The van der Waals surface area contributed by atoms with Crippen LogP contribution in [-0.4, -0.2) is 20.6 Å². The Balaban J connectivity index is 1.78. The van der Waals surface area contributed by atoms with Crippen molar-refractivity contribution in [2.45, 2.75) is 46.1 Å². The van der Waals surface area contributed by atoms with Crippen LogP contribution in [0.3, 0.4) is 0 Å². The van der Waals surface area contributed by atoms with Gasteiger partial charge in [-0.05, 0) is 49.3 Å². The second-order valence-corrected chi connectivity index (χ2v) is 5.80. The number of fused-ring (bicyclic) bond motifs is 1. The Morgan fingerprint density at radius 1 is 1.42 bits per heavy atom. The van der Waals surface area contributed by atoms with Gasteiger partial charge >= 0.3 is 0 Å². The molecular formula is C15H22N4. The van der Waals surface area contributed by atoms with Gasteiger partial charge in [-0.2, -0.15) is 4.98 Å². The third-order valence-electron chi connectivity index (χ3n) is 4.56. The lowest BCUT2D eigenvalue weighted by Gasteiger charge is -2.19. The van der Waals surface area contributed by atoms with Gasteiger partial charge in [0.15, 0.2) is 5.65 Å². The van der Waals surface area contributed by atoms with Gasteiger partial charge in [0.05, 0.1) is 0 Å². The molecule has 3 rings (SSSR count). The Bertz CT molecular complexity index is 575. The highest BCUT2D eigenvalue weighted by Gasteiger charge is 2.31. The minimum atomic E-state index is 0.517. The van der Waals surface area contributed by atoms with E-state index in [-0.39, 0.29) is 0 Å². The van der Waals surface area contributed by atoms with E-state index in [2.05, 4.69) is 48.3 Å². The molecule has 0 amide bonds. The van der Waals surface area contributed by atoms with Crippen LogP contribution in [-0.2, 0) is 0 Å². The van der Waals surface area contributed by atoms with E-state index in [1.165, 1.54) is 24.8 Å². The second kappa shape index (κ2) is 4.83. The van der Waals surface area contributed by atoms with Gasteiger partial charge in [-0.1, -0.05) is 20.3 Å². The van der Waals surface area contributed by atoms with Crippen LogP contribution in [0, 0.1) is 18.8 Å². The standard InChI is InChI=1S/C15H22N4/c1-4-12-5-6-13(11(12)3)16-15-17-14-9-10(2)7-8-19(14)18-15/h7-9,11-13H,4-6H2,1-3H3,(H,16,18). The van der Waals surface area contributed by atoms with E-state index < -0.39 is 0 Å². The minimum Gasteiger partial charge on any atom is -0.350 e. The number of hydrogen-bond donors (Lipinski definition) is 1. The van der Waals surface area contributed by atoms with Crippen LogP contribution in [0.4, 0.5) is 5.95 Å². The van der Waals surface area contributed by atoms with E-state index in [1.54, 1.807) is 0 Å². The van der Waals surface area contributed by atoms with Crippen molar-refractivity contribution in [3.63, 3.8) is 0 Å². The molecular weight excluding hydrogens is 236 g/mol. The monoisotopic (exact) mass is 258 g/mol. The highest BCUT2D eigenvalue weighted by molar-refractivity contribution is 5.45. The number of nitrogens with one attached hydrogen (secondary N) is 1. The normalized spacial score (nSPS) is 27.0. The summed E-state index contributed by atoms with van der Waals surface area (Å²) in [6.45, 7) is 6.71. The number of pyridine rings is 1. The summed E-state index contributed by atoms with van der Waals surface area (Å²) in [5.74, 6) is 2.31. The van der Waals surface area contributed by atoms with E-state index in [1.807, 2.05) is 10.7 Å². The van der Waals surface area contributed by atoms with E-state index in [0.29, 0.717) is 12.0 Å². The summed E-state index contributed by atoms with van der Waals surface area (Å²) in [7, 11) is 0. The summed E-state index contributed by atoms with van der Waals surface area (Å²) in [4.78, 5) is 4.56. The number of nitrogens with zero attached hydrogens (tertiary/aromatic N) is 3. The Kier molecular flexibility index (Phi) is 3.17. The Morgan fingerprint density at radius 3 is 3.00 bits per heavy atom. The zero-order valence-electron chi connectivity index (χ0n) is 11.9. The molecule has 2 aromatic rings. The van der Waals surface area contributed by atoms with Crippen LogP contribution in [0.2, 0.25) is 0 Å². The molecule has 0 aliphatic heterocycles. The molecule has 0 saturated heterocycles. The number of hydrogen-bond acceptors (Lipinski definition) is 3. The molecule has 1 aliphatic carbocycles. The van der Waals surface area contributed by atoms with Crippen molar-refractivity contribution in [2.75, 3.05) is 5.32 Å². The van der Waals surface area contributed by atoms with E-state index in [0.717, 1.165) is 17.5 Å². The van der Waals surface area contributed by atoms with Crippen molar-refractivity contribution in [1.82, 2.24) is 14.6 Å². The highest BCUT2D eigenvalue weighted by Crippen LogP contribution is 2.35. The smallest absolute Gasteiger partial charge is 0.243 e. The van der Waals surface area contributed by atoms with E-state index in [4.69, 9.17) is 0 Å². The van der Waals surface area contributed by atoms with Gasteiger partial charge in [-0.3, -0.25) is 0 Å². The van der Waals surface area contributed by atoms with Gasteiger partial charge in [0.1, 0.15) is 0 Å². The van der Waals surface area contributed by atoms with E-state index >= 15 is 0 Å². The van der Waals surface area contributed by atoms with Crippen LogP contribution in [0.1, 0.15) is 38.7 Å². The van der Waals surface area contributed by atoms with Crippen molar-refractivity contribution in [3.8, 4) is 0 Å². The summed E-state index contributed by atoms with van der Waals surface area (Å²) in [6, 6.07) is 4.63. The van der Waals surface area contributed by atoms with Crippen molar-refractivity contribution >= 4 is 11.6 Å². The molecule has 2 aromatic heterocycles. The highest BCUT2D eigenvalue weighted by atomic mass is 15.3. The van der Waals surface area contributed by atoms with E-state index in [9.17, 15) is 0 Å². The molecule has 19 heavy (non-hydrogen) atoms. The molecule has 0 radical (unpaired) electrons. The largest absolute Gasteiger partial charge is 0.350 e. The van der Waals surface area contributed by atoms with Gasteiger partial charge in [-0.15, -0.1) is 5.10 Å². The second-order valence-electron chi connectivity index (χ2n) is 5.80. The lowest BCUT2D eigenvalue weighted by atomic mass is 9.94. The van der Waals surface area contributed by atoms with Gasteiger partial charge in [0.2, 0.25) is 5.95 Å². The van der Waals surface area contributed by atoms with Crippen molar-refractivity contribution < 1.29 is 0 Å². The average molecular weight is 258 g/mol. The first-order valence-corrected chi connectivity index (χ1v) is 7.27. The van der Waals surface area contributed by atoms with Crippen molar-refractivity contribution in [1.29, 1.82) is 0 Å². The summed E-state index contributed by atoms with van der Waals surface area (Å²) >= 11 is 0. The van der Waals surface area contributed by atoms with Crippen LogP contribution >= 0.6 is 0 Å².